The number of nitrogens with one attached hydrogen (secondary N) is 1. The Labute approximate surface area is 327 Å². The van der Waals surface area contributed by atoms with E-state index in [4.69, 9.17) is 9.84 Å². The van der Waals surface area contributed by atoms with Gasteiger partial charge in [-0.1, -0.05) is 12.1 Å². The smallest absolute Gasteiger partial charge is 0.328 e. The number of imide groups is 1. The van der Waals surface area contributed by atoms with Gasteiger partial charge in [-0.3, -0.25) is 29.3 Å². The van der Waals surface area contributed by atoms with Gasteiger partial charge < -0.3 is 23.8 Å². The number of ether oxygens (including phenoxy) is 1. The van der Waals surface area contributed by atoms with Crippen molar-refractivity contribution in [2.45, 2.75) is 58.5 Å². The second-order valence-corrected chi connectivity index (χ2v) is 14.7. The molecule has 5 aromatic rings. The van der Waals surface area contributed by atoms with E-state index in [1.54, 1.807) is 76.2 Å². The van der Waals surface area contributed by atoms with Crippen molar-refractivity contribution in [1.29, 1.82) is 0 Å². The van der Waals surface area contributed by atoms with E-state index in [1.807, 2.05) is 16.5 Å². The molecule has 296 valence electrons. The number of carbonyl (C=O) groups is 4. The molecule has 57 heavy (non-hydrogen) atoms. The number of benzene rings is 2. The minimum atomic E-state index is -2.79. The number of amides is 5. The molecule has 14 nitrogen and oxygen atoms in total. The lowest BCUT2D eigenvalue weighted by atomic mass is 9.98. The zero-order valence-corrected chi connectivity index (χ0v) is 32.2. The van der Waals surface area contributed by atoms with Crippen LogP contribution in [0.2, 0.25) is 0 Å². The molecule has 5 amide bonds. The van der Waals surface area contributed by atoms with E-state index in [9.17, 15) is 28.0 Å². The second-order valence-electron chi connectivity index (χ2n) is 14.7. The number of alkyl halides is 2. The first-order chi connectivity index (χ1) is 27.4. The molecule has 0 unspecified atom stereocenters. The van der Waals surface area contributed by atoms with Gasteiger partial charge >= 0.3 is 6.03 Å². The first kappa shape index (κ1) is 37.6. The zero-order valence-electron chi connectivity index (χ0n) is 32.2. The molecule has 1 N–H and O–H groups in total. The predicted octanol–water partition coefficient (Wildman–Crippen LogP) is 6.05. The van der Waals surface area contributed by atoms with Crippen molar-refractivity contribution >= 4 is 46.6 Å². The number of nitrogens with zero attached hydrogens (tertiary/aromatic N) is 8. The number of hydrogen-bond donors (Lipinski definition) is 1. The van der Waals surface area contributed by atoms with Crippen LogP contribution in [0.25, 0.3) is 16.8 Å². The Bertz CT molecular complexity index is 2420. The van der Waals surface area contributed by atoms with Crippen LogP contribution in [0.3, 0.4) is 0 Å². The largest absolute Gasteiger partial charge is 0.495 e. The number of methoxy groups -OCH3 is 1. The first-order valence-corrected chi connectivity index (χ1v) is 19.0. The summed E-state index contributed by atoms with van der Waals surface area (Å²) in [4.78, 5) is 62.0. The zero-order chi connectivity index (χ0) is 40.1. The number of likely N-dealkylation sites (tertiary alicyclic amines) is 1. The summed E-state index contributed by atoms with van der Waals surface area (Å²) in [6.07, 6.45) is 4.33. The topological polar surface area (TPSA) is 138 Å². The van der Waals surface area contributed by atoms with Crippen LogP contribution in [0.15, 0.2) is 61.1 Å². The van der Waals surface area contributed by atoms with Crippen LogP contribution in [0, 0.1) is 6.92 Å². The van der Waals surface area contributed by atoms with Crippen LogP contribution in [0.4, 0.5) is 30.8 Å². The van der Waals surface area contributed by atoms with Crippen molar-refractivity contribution in [3.05, 3.63) is 89.0 Å². The van der Waals surface area contributed by atoms with Gasteiger partial charge in [-0.15, -0.1) is 0 Å². The number of pyridine rings is 1. The molecule has 6 heterocycles. The number of imidazole rings is 1. The van der Waals surface area contributed by atoms with E-state index in [2.05, 4.69) is 10.3 Å². The summed E-state index contributed by atoms with van der Waals surface area (Å²) in [6.45, 7) is 5.39. The van der Waals surface area contributed by atoms with E-state index in [1.165, 1.54) is 25.0 Å². The molecule has 0 saturated carbocycles. The number of carbonyl (C=O) groups excluding carboxylic acids is 4. The summed E-state index contributed by atoms with van der Waals surface area (Å²) < 4.78 is 39.1. The standard InChI is InChI=1S/C41H43F2N9O5/c1-24-28(6-5-7-33(24)51-18-13-37(54)45-41(51)56)40(55)48-15-10-26(11-16-48)52-34-12-17-49(25(2)53)22-32(34)39(46-52)47(3)27-8-9-29(31(20-27)38(42)43)30-21-36-44-14-19-50(36)23-35(30)57-4/h5-9,14,19-21,23,26,38H,10-13,15-18,22H2,1-4H3,(H,45,54,56). The Morgan fingerprint density at radius 2 is 1.79 bits per heavy atom. The van der Waals surface area contributed by atoms with Gasteiger partial charge in [-0.2, -0.15) is 5.10 Å². The van der Waals surface area contributed by atoms with Gasteiger partial charge in [0.05, 0.1) is 25.9 Å². The highest BCUT2D eigenvalue weighted by atomic mass is 19.3. The fraction of sp³-hybridized carbons (Fsp3) is 0.366. The molecular weight excluding hydrogens is 737 g/mol. The molecule has 0 atom stereocenters. The van der Waals surface area contributed by atoms with Gasteiger partial charge in [0.25, 0.3) is 12.3 Å². The second kappa shape index (κ2) is 15.0. The normalized spacial score (nSPS) is 16.3. The maximum absolute atomic E-state index is 14.9. The van der Waals surface area contributed by atoms with Crippen molar-refractivity contribution in [3.63, 3.8) is 0 Å². The highest BCUT2D eigenvalue weighted by Crippen LogP contribution is 2.42. The van der Waals surface area contributed by atoms with Crippen LogP contribution in [-0.2, 0) is 22.6 Å². The molecule has 3 aliphatic rings. The number of anilines is 3. The van der Waals surface area contributed by atoms with Crippen LogP contribution in [-0.4, -0.2) is 93.1 Å². The van der Waals surface area contributed by atoms with E-state index in [-0.39, 0.29) is 42.3 Å². The van der Waals surface area contributed by atoms with E-state index in [0.717, 1.165) is 11.3 Å². The number of rotatable bonds is 8. The third-order valence-electron chi connectivity index (χ3n) is 11.5. The first-order valence-electron chi connectivity index (χ1n) is 19.0. The number of fused-ring (bicyclic) bond motifs is 2. The third kappa shape index (κ3) is 6.82. The highest BCUT2D eigenvalue weighted by molar-refractivity contribution is 6.07. The monoisotopic (exact) mass is 779 g/mol. The number of urea groups is 1. The molecule has 2 aromatic carbocycles. The Hall–Kier alpha value is -6.32. The van der Waals surface area contributed by atoms with E-state index >= 15 is 0 Å². The van der Waals surface area contributed by atoms with Gasteiger partial charge in [0.15, 0.2) is 5.82 Å². The summed E-state index contributed by atoms with van der Waals surface area (Å²) in [5.74, 6) is 0.489. The summed E-state index contributed by atoms with van der Waals surface area (Å²) >= 11 is 0. The summed E-state index contributed by atoms with van der Waals surface area (Å²) in [5, 5.41) is 7.47. The van der Waals surface area contributed by atoms with Crippen molar-refractivity contribution < 1.29 is 32.7 Å². The minimum absolute atomic E-state index is 0.0418. The average Bonchev–Trinajstić information content (AvgIpc) is 3.84. The molecule has 0 aliphatic carbocycles. The van der Waals surface area contributed by atoms with Crippen molar-refractivity contribution in [3.8, 4) is 16.9 Å². The fourth-order valence-corrected chi connectivity index (χ4v) is 8.32. The molecule has 0 spiro atoms. The fourth-order valence-electron chi connectivity index (χ4n) is 8.32. The number of hydrogen-bond acceptors (Lipinski definition) is 8. The summed E-state index contributed by atoms with van der Waals surface area (Å²) in [5.41, 5.74) is 5.37. The van der Waals surface area contributed by atoms with Crippen molar-refractivity contribution in [2.24, 2.45) is 0 Å². The Kier molecular flexibility index (Phi) is 9.87. The van der Waals surface area contributed by atoms with E-state index in [0.29, 0.717) is 96.3 Å². The molecule has 2 fully saturated rings. The Morgan fingerprint density at radius 1 is 1.00 bits per heavy atom. The minimum Gasteiger partial charge on any atom is -0.495 e. The summed E-state index contributed by atoms with van der Waals surface area (Å²) in [6, 6.07) is 11.4. The van der Waals surface area contributed by atoms with Crippen LogP contribution in [0.1, 0.15) is 71.4 Å². The lowest BCUT2D eigenvalue weighted by molar-refractivity contribution is -0.129. The molecule has 3 aromatic heterocycles. The molecule has 0 bridgehead atoms. The molecule has 3 aliphatic heterocycles. The summed E-state index contributed by atoms with van der Waals surface area (Å²) in [7, 11) is 3.30. The van der Waals surface area contributed by atoms with Crippen LogP contribution >= 0.6 is 0 Å². The average molecular weight is 780 g/mol. The number of piperidine rings is 1. The molecule has 2 saturated heterocycles. The SMILES string of the molecule is COc1cn2ccnc2cc1-c1ccc(N(C)c2nn(C3CCN(C(=O)c4cccc(N5CCC(=O)NC5=O)c4C)CC3)c3c2CN(C(C)=O)CC3)cc1C(F)F. The Morgan fingerprint density at radius 3 is 2.51 bits per heavy atom. The highest BCUT2D eigenvalue weighted by Gasteiger charge is 2.34. The van der Waals surface area contributed by atoms with E-state index < -0.39 is 12.5 Å². The lowest BCUT2D eigenvalue weighted by Crippen LogP contribution is -2.50. The Balaban J connectivity index is 1.06. The molecule has 16 heteroatoms. The predicted molar refractivity (Wildman–Crippen MR) is 208 cm³/mol. The molecular formula is C41H43F2N9O5. The van der Waals surface area contributed by atoms with Gasteiger partial charge in [-0.25, -0.2) is 18.6 Å². The van der Waals surface area contributed by atoms with Gasteiger partial charge in [0, 0.05) is 105 Å². The van der Waals surface area contributed by atoms with Gasteiger partial charge in [0.1, 0.15) is 11.4 Å². The lowest BCUT2D eigenvalue weighted by Gasteiger charge is -2.34. The van der Waals surface area contributed by atoms with Gasteiger partial charge in [0.2, 0.25) is 11.8 Å². The van der Waals surface area contributed by atoms with Gasteiger partial charge in [-0.05, 0) is 61.2 Å². The molecule has 8 rings (SSSR count). The van der Waals surface area contributed by atoms with Crippen LogP contribution in [0.5, 0.6) is 5.75 Å². The van der Waals surface area contributed by atoms with Crippen molar-refractivity contribution in [2.75, 3.05) is 50.1 Å². The quantitative estimate of drug-likeness (QED) is 0.201. The number of aromatic nitrogens is 4. The third-order valence-corrected chi connectivity index (χ3v) is 11.5. The molecule has 0 radical (unpaired) electrons. The van der Waals surface area contributed by atoms with Crippen molar-refractivity contribution in [1.82, 2.24) is 34.3 Å². The maximum Gasteiger partial charge on any atom is 0.328 e. The van der Waals surface area contributed by atoms with Crippen LogP contribution < -0.4 is 19.9 Å². The maximum atomic E-state index is 14.9. The number of halogens is 2.